The first-order chi connectivity index (χ1) is 26.2. The van der Waals surface area contributed by atoms with E-state index in [2.05, 4.69) is 39.4 Å². The van der Waals surface area contributed by atoms with Crippen molar-refractivity contribution < 1.29 is 151 Å². The molecule has 4 amide bonds. The quantitative estimate of drug-likeness (QED) is 0.0246. The molecule has 24 nitrogen and oxygen atoms in total. The van der Waals surface area contributed by atoms with Crippen molar-refractivity contribution in [1.82, 2.24) is 30.8 Å². The van der Waals surface area contributed by atoms with Gasteiger partial charge < -0.3 is 70.6 Å². The maximum absolute atomic E-state index is 12.6. The Hall–Kier alpha value is -0.340. The molecule has 3 saturated heterocycles. The number of urea groups is 1. The summed E-state index contributed by atoms with van der Waals surface area (Å²) < 4.78 is 50.5. The second kappa shape index (κ2) is 27.2. The molecule has 0 radical (unpaired) electrons. The summed E-state index contributed by atoms with van der Waals surface area (Å²) in [4.78, 5) is 96.2. The molecule has 60 heavy (non-hydrogen) atoms. The number of nitrogens with two attached hydrogens (primary N) is 1. The van der Waals surface area contributed by atoms with Gasteiger partial charge in [0, 0.05) is 48.7 Å². The predicted octanol–water partition coefficient (Wildman–Crippen LogP) is -15.2. The monoisotopic (exact) mass is 901 g/mol. The number of nitrogen functional groups attached to an aromatic ring is 1. The molecular formula is C28H42Li4N7O17P3S. The van der Waals surface area contributed by atoms with Crippen LogP contribution < -0.4 is 128 Å². The van der Waals surface area contributed by atoms with Crippen molar-refractivity contribution in [1.29, 1.82) is 0 Å². The van der Waals surface area contributed by atoms with E-state index in [1.54, 1.807) is 0 Å². The number of hydrogen-bond donors (Lipinski definition) is 7. The largest absolute Gasteiger partial charge is 1.00 e. The number of carbonyl (C=O) groups is 3. The minimum atomic E-state index is -6.25. The fraction of sp³-hybridized carbons (Fsp3) is 0.679. The van der Waals surface area contributed by atoms with Gasteiger partial charge in [-0.1, -0.05) is 25.0 Å². The summed E-state index contributed by atoms with van der Waals surface area (Å²) in [6.07, 6.45) is 1.99. The van der Waals surface area contributed by atoms with Crippen molar-refractivity contribution >= 4 is 65.0 Å². The zero-order chi connectivity index (χ0) is 41.3. The van der Waals surface area contributed by atoms with Crippen LogP contribution in [0, 0.1) is 0 Å². The number of aromatic nitrogens is 2. The number of fused-ring (bicyclic) bond motifs is 1. The van der Waals surface area contributed by atoms with Gasteiger partial charge in [-0.05, 0) is 25.7 Å². The molecule has 0 aromatic carbocycles. The van der Waals surface area contributed by atoms with E-state index >= 15 is 0 Å². The van der Waals surface area contributed by atoms with Crippen LogP contribution >= 0.6 is 35.2 Å². The van der Waals surface area contributed by atoms with E-state index in [4.69, 9.17) is 10.5 Å². The fourth-order valence-electron chi connectivity index (χ4n) is 5.98. The van der Waals surface area contributed by atoms with Crippen LogP contribution in [0.4, 0.5) is 10.6 Å². The van der Waals surface area contributed by atoms with Crippen molar-refractivity contribution in [2.45, 2.75) is 93.2 Å². The molecule has 0 aliphatic carbocycles. The van der Waals surface area contributed by atoms with Gasteiger partial charge in [0.05, 0.1) is 26.5 Å². The molecule has 4 rings (SSSR count). The minimum Gasteiger partial charge on any atom is -0.790 e. The zero-order valence-electron chi connectivity index (χ0n) is 33.5. The molecule has 316 valence electrons. The third-order valence-electron chi connectivity index (χ3n) is 8.62. The van der Waals surface area contributed by atoms with Crippen molar-refractivity contribution in [3.05, 3.63) is 28.3 Å². The summed E-state index contributed by atoms with van der Waals surface area (Å²) in [6.45, 7) is -0.663. The Morgan fingerprint density at radius 3 is 2.27 bits per heavy atom. The molecule has 0 spiro atoms. The van der Waals surface area contributed by atoms with Crippen LogP contribution in [0.1, 0.15) is 63.2 Å². The Morgan fingerprint density at radius 2 is 1.60 bits per heavy atom. The number of phosphoric ester groups is 1. The topological polar surface area (TPSA) is 381 Å². The van der Waals surface area contributed by atoms with E-state index in [-0.39, 0.29) is 130 Å². The molecule has 32 heteroatoms. The second-order valence-electron chi connectivity index (χ2n) is 12.9. The first-order valence-corrected chi connectivity index (χ1v) is 22.7. The molecule has 4 heterocycles. The van der Waals surface area contributed by atoms with Crippen LogP contribution in [0.5, 0.6) is 0 Å². The Labute approximate surface area is 396 Å². The summed E-state index contributed by atoms with van der Waals surface area (Å²) in [7, 11) is -18.4. The molecule has 0 bridgehead atoms. The third-order valence-corrected chi connectivity index (χ3v) is 13.8. The molecule has 1 aromatic rings. The predicted molar refractivity (Wildman–Crippen MR) is 187 cm³/mol. The molecule has 0 saturated carbocycles. The molecular weight excluding hydrogens is 859 g/mol. The van der Waals surface area contributed by atoms with Gasteiger partial charge in [-0.2, -0.15) is 16.7 Å². The number of nitrogens with one attached hydrogen (secondary N) is 4. The number of aliphatic hydroxyl groups is 2. The maximum atomic E-state index is 12.6. The van der Waals surface area contributed by atoms with E-state index in [0.717, 1.165) is 35.8 Å². The van der Waals surface area contributed by atoms with Crippen molar-refractivity contribution in [3.63, 3.8) is 0 Å². The van der Waals surface area contributed by atoms with Crippen LogP contribution in [0.25, 0.3) is 6.08 Å². The number of thioether (sulfide) groups is 1. The fourth-order valence-corrected chi connectivity index (χ4v) is 10.4. The van der Waals surface area contributed by atoms with Gasteiger partial charge >= 0.3 is 87.2 Å². The van der Waals surface area contributed by atoms with Gasteiger partial charge in [-0.15, -0.1) is 0 Å². The van der Waals surface area contributed by atoms with E-state index < -0.39 is 60.3 Å². The van der Waals surface area contributed by atoms with Gasteiger partial charge in [-0.25, -0.2) is 13.9 Å². The Balaban J connectivity index is 0.00000870. The molecule has 3 aliphatic rings. The van der Waals surface area contributed by atoms with Crippen LogP contribution in [0.2, 0.25) is 0 Å². The van der Waals surface area contributed by atoms with E-state index in [1.807, 2.05) is 11.8 Å². The van der Waals surface area contributed by atoms with Gasteiger partial charge in [0.15, 0.2) is 6.23 Å². The van der Waals surface area contributed by atoms with Crippen LogP contribution in [0.15, 0.2) is 17.1 Å². The average molecular weight is 901 g/mol. The number of aliphatic hydroxyl groups excluding tert-OH is 2. The summed E-state index contributed by atoms with van der Waals surface area (Å²) >= 11 is 1.84. The van der Waals surface area contributed by atoms with Gasteiger partial charge in [0.1, 0.15) is 24.1 Å². The summed E-state index contributed by atoms with van der Waals surface area (Å²) in [5.41, 5.74) is 4.89. The maximum Gasteiger partial charge on any atom is 1.00 e. The first kappa shape index (κ1) is 59.7. The van der Waals surface area contributed by atoms with Crippen molar-refractivity contribution in [2.75, 3.05) is 31.2 Å². The molecule has 2 unspecified atom stereocenters. The average Bonchev–Trinajstić information content (AvgIpc) is 3.73. The summed E-state index contributed by atoms with van der Waals surface area (Å²) in [5, 5.41) is 32.6. The van der Waals surface area contributed by atoms with E-state index in [0.29, 0.717) is 37.5 Å². The molecule has 3 aliphatic heterocycles. The zero-order valence-corrected chi connectivity index (χ0v) is 37.0. The third kappa shape index (κ3) is 19.4. The standard InChI is InChI=1S/C28H46N7O17P3S.4Li/c29-25-16(13-35(28(41)34-25)26-24(39)23(38)18(50-26)14-49-54(45,46)52-55(47,48)51-53(42,43)44)7-6-12-31-20(36)9-2-1-5-11-30-21(37)10-4-3-8-19-22-17(15-56-19)32-27(40)33-22;;;;/h6-7,13,17-19,22-24,26,38-39H,1-5,8-12,14-15H2,(H,30,37)(H,31,36)(H,45,46)(H,47,48)(H2,29,34,41)(H2,32,33,40)(H2,42,43,44);;;;/q;4*+1/p-4/b7-6+;;;;/t17-,18+,19-,22-,23+,24+,26+;;;;/m0..../s1. The van der Waals surface area contributed by atoms with Crippen LogP contribution in [-0.2, 0) is 41.2 Å². The summed E-state index contributed by atoms with van der Waals surface area (Å²) in [6, 6.07) is 0.218. The number of rotatable bonds is 22. The number of unbranched alkanes of at least 4 members (excludes halogenated alkanes) is 3. The number of ether oxygens (including phenoxy) is 1. The number of phosphoric acid groups is 3. The van der Waals surface area contributed by atoms with E-state index in [1.165, 1.54) is 12.2 Å². The van der Waals surface area contributed by atoms with Crippen molar-refractivity contribution in [2.24, 2.45) is 0 Å². The summed E-state index contributed by atoms with van der Waals surface area (Å²) in [5.74, 6) is 0.383. The second-order valence-corrected chi connectivity index (χ2v) is 18.4. The van der Waals surface area contributed by atoms with Crippen LogP contribution in [0.3, 0.4) is 0 Å². The van der Waals surface area contributed by atoms with Crippen molar-refractivity contribution in [3.8, 4) is 0 Å². The van der Waals surface area contributed by atoms with E-state index in [9.17, 15) is 62.7 Å². The molecule has 8 N–H and O–H groups in total. The van der Waals surface area contributed by atoms with Gasteiger partial charge in [0.25, 0.3) is 15.6 Å². The first-order valence-electron chi connectivity index (χ1n) is 17.2. The number of carbonyl (C=O) groups excluding carboxylic acids is 3. The molecule has 3 fully saturated rings. The number of hydrogen-bond acceptors (Lipinski definition) is 20. The SMILES string of the molecule is Nc1nc(=O)n([C@@H]2O[C@H](COP(=O)([O-])OP(=O)([O-])OP(=O)([O-])[O-])[C@@H](O)[C@H]2O)cc1/C=C/CNC(=O)CCCCCNC(=O)CCCC[C@@H]1SC[C@@H]2NC(=O)N[C@@H]21.[Li+].[Li+].[Li+].[Li+]. The smallest absolute Gasteiger partial charge is 0.790 e. The van der Waals surface area contributed by atoms with Gasteiger partial charge in [0.2, 0.25) is 11.8 Å². The normalized spacial score (nSPS) is 25.2. The molecule has 9 atom stereocenters. The molecule has 1 aromatic heterocycles. The number of nitrogens with zero attached hydrogens (tertiary/aromatic N) is 2. The Bertz CT molecular complexity index is 1820. The van der Waals surface area contributed by atoms with Gasteiger partial charge in [-0.3, -0.25) is 27.6 Å². The Kier molecular flexibility index (Phi) is 27.1. The number of anilines is 1. The minimum absolute atomic E-state index is 0. The van der Waals surface area contributed by atoms with Crippen LogP contribution in [-0.4, -0.2) is 98.7 Å². The number of amides is 4. The Morgan fingerprint density at radius 1 is 0.950 bits per heavy atom.